The van der Waals surface area contributed by atoms with Gasteiger partial charge in [0.05, 0.1) is 13.1 Å². The maximum absolute atomic E-state index is 9.98. The number of quaternary nitrogens is 1. The lowest BCUT2D eigenvalue weighted by Crippen LogP contribution is -3.12. The number of aliphatic hydroxyl groups is 1. The summed E-state index contributed by atoms with van der Waals surface area (Å²) in [5.74, 6) is 0.826. The standard InChI is InChI=1S/C17H29NO2/c1-6-18(7-2)12-15(19)13-20-16-10-8-14(9-11-16)17(3,4)5/h8-11,15,19H,6-7,12-13H2,1-5H3/p+1/t15-/m1/s1. The fourth-order valence-corrected chi connectivity index (χ4v) is 2.17. The normalized spacial score (nSPS) is 13.6. The van der Waals surface area contributed by atoms with E-state index in [0.29, 0.717) is 6.61 Å². The Labute approximate surface area is 123 Å². The molecule has 1 atom stereocenters. The van der Waals surface area contributed by atoms with Gasteiger partial charge in [-0.3, -0.25) is 0 Å². The van der Waals surface area contributed by atoms with E-state index in [2.05, 4.69) is 46.8 Å². The molecule has 0 fully saturated rings. The predicted molar refractivity (Wildman–Crippen MR) is 83.6 cm³/mol. The number of aliphatic hydroxyl groups excluding tert-OH is 1. The van der Waals surface area contributed by atoms with Crippen molar-refractivity contribution in [3.8, 4) is 5.75 Å². The quantitative estimate of drug-likeness (QED) is 0.796. The van der Waals surface area contributed by atoms with Gasteiger partial charge in [-0.05, 0) is 37.0 Å². The van der Waals surface area contributed by atoms with Crippen LogP contribution in [0.15, 0.2) is 24.3 Å². The summed E-state index contributed by atoms with van der Waals surface area (Å²) in [7, 11) is 0. The van der Waals surface area contributed by atoms with E-state index in [1.54, 1.807) is 0 Å². The molecule has 0 amide bonds. The summed E-state index contributed by atoms with van der Waals surface area (Å²) in [6.07, 6.45) is -0.410. The molecule has 114 valence electrons. The SMILES string of the molecule is CC[NH+](CC)C[C@@H](O)COc1ccc(C(C)(C)C)cc1. The highest BCUT2D eigenvalue weighted by Crippen LogP contribution is 2.24. The molecule has 1 aromatic rings. The number of hydrogen-bond donors (Lipinski definition) is 2. The van der Waals surface area contributed by atoms with Crippen molar-refractivity contribution in [3.05, 3.63) is 29.8 Å². The molecule has 0 spiro atoms. The molecule has 20 heavy (non-hydrogen) atoms. The molecule has 0 aliphatic carbocycles. The van der Waals surface area contributed by atoms with Gasteiger partial charge in [0.2, 0.25) is 0 Å². The van der Waals surface area contributed by atoms with E-state index in [-0.39, 0.29) is 5.41 Å². The lowest BCUT2D eigenvalue weighted by molar-refractivity contribution is -0.899. The fraction of sp³-hybridized carbons (Fsp3) is 0.647. The minimum Gasteiger partial charge on any atom is -0.491 e. The van der Waals surface area contributed by atoms with E-state index in [1.807, 2.05) is 12.1 Å². The zero-order chi connectivity index (χ0) is 15.2. The highest BCUT2D eigenvalue weighted by atomic mass is 16.5. The number of likely N-dealkylation sites (N-methyl/N-ethyl adjacent to an activating group) is 1. The molecule has 1 aromatic carbocycles. The van der Waals surface area contributed by atoms with E-state index in [4.69, 9.17) is 4.74 Å². The number of hydrogen-bond acceptors (Lipinski definition) is 2. The summed E-state index contributed by atoms with van der Waals surface area (Å²) in [5, 5.41) is 9.98. The van der Waals surface area contributed by atoms with Gasteiger partial charge in [-0.25, -0.2) is 0 Å². The molecule has 3 nitrogen and oxygen atoms in total. The van der Waals surface area contributed by atoms with Gasteiger partial charge in [0.25, 0.3) is 0 Å². The molecule has 0 radical (unpaired) electrons. The van der Waals surface area contributed by atoms with Crippen LogP contribution in [-0.4, -0.2) is 37.5 Å². The molecule has 0 saturated carbocycles. The second-order valence-corrected chi connectivity index (χ2v) is 6.40. The van der Waals surface area contributed by atoms with Gasteiger partial charge < -0.3 is 14.7 Å². The number of benzene rings is 1. The minimum atomic E-state index is -0.410. The van der Waals surface area contributed by atoms with Crippen LogP contribution in [-0.2, 0) is 5.41 Å². The van der Waals surface area contributed by atoms with Crippen LogP contribution in [0.4, 0.5) is 0 Å². The molecule has 0 unspecified atom stereocenters. The monoisotopic (exact) mass is 280 g/mol. The van der Waals surface area contributed by atoms with Gasteiger partial charge in [-0.2, -0.15) is 0 Å². The summed E-state index contributed by atoms with van der Waals surface area (Å²) in [5.41, 5.74) is 1.45. The van der Waals surface area contributed by atoms with Crippen molar-refractivity contribution in [1.82, 2.24) is 0 Å². The van der Waals surface area contributed by atoms with Crippen molar-refractivity contribution in [2.75, 3.05) is 26.2 Å². The molecule has 2 N–H and O–H groups in total. The van der Waals surface area contributed by atoms with Crippen molar-refractivity contribution in [2.45, 2.75) is 46.1 Å². The molecule has 0 heterocycles. The molecule has 0 saturated heterocycles. The van der Waals surface area contributed by atoms with Crippen LogP contribution < -0.4 is 9.64 Å². The second-order valence-electron chi connectivity index (χ2n) is 6.40. The van der Waals surface area contributed by atoms with Gasteiger partial charge in [-0.15, -0.1) is 0 Å². The van der Waals surface area contributed by atoms with Crippen LogP contribution in [0.25, 0.3) is 0 Å². The summed E-state index contributed by atoms with van der Waals surface area (Å²) in [6.45, 7) is 14.0. The first kappa shape index (κ1) is 17.0. The Balaban J connectivity index is 2.46. The zero-order valence-electron chi connectivity index (χ0n) is 13.6. The van der Waals surface area contributed by atoms with Gasteiger partial charge in [0, 0.05) is 0 Å². The van der Waals surface area contributed by atoms with E-state index in [0.717, 1.165) is 25.4 Å². The lowest BCUT2D eigenvalue weighted by Gasteiger charge is -2.21. The first-order valence-corrected chi connectivity index (χ1v) is 7.61. The molecule has 0 aromatic heterocycles. The molecule has 1 rings (SSSR count). The van der Waals surface area contributed by atoms with Crippen LogP contribution in [0.2, 0.25) is 0 Å². The highest BCUT2D eigenvalue weighted by molar-refractivity contribution is 5.31. The molecular weight excluding hydrogens is 250 g/mol. The van der Waals surface area contributed by atoms with Crippen LogP contribution >= 0.6 is 0 Å². The van der Waals surface area contributed by atoms with Crippen LogP contribution in [0.1, 0.15) is 40.2 Å². The Kier molecular flexibility index (Phi) is 6.50. The minimum absolute atomic E-state index is 0.157. The molecule has 0 bridgehead atoms. The Morgan fingerprint density at radius 2 is 1.65 bits per heavy atom. The Hall–Kier alpha value is -1.06. The van der Waals surface area contributed by atoms with E-state index >= 15 is 0 Å². The van der Waals surface area contributed by atoms with Crippen LogP contribution in [0, 0.1) is 0 Å². The topological polar surface area (TPSA) is 33.9 Å². The van der Waals surface area contributed by atoms with Crippen molar-refractivity contribution >= 4 is 0 Å². The predicted octanol–water partition coefficient (Wildman–Crippen LogP) is 1.65. The first-order valence-electron chi connectivity index (χ1n) is 7.61. The van der Waals surface area contributed by atoms with Crippen molar-refractivity contribution in [2.24, 2.45) is 0 Å². The maximum Gasteiger partial charge on any atom is 0.137 e. The van der Waals surface area contributed by atoms with Gasteiger partial charge >= 0.3 is 0 Å². The third kappa shape index (κ3) is 5.51. The van der Waals surface area contributed by atoms with E-state index in [9.17, 15) is 5.11 Å². The fourth-order valence-electron chi connectivity index (χ4n) is 2.17. The first-order chi connectivity index (χ1) is 9.36. The maximum atomic E-state index is 9.98. The third-order valence-electron chi connectivity index (χ3n) is 3.69. The number of rotatable bonds is 7. The smallest absolute Gasteiger partial charge is 0.137 e. The summed E-state index contributed by atoms with van der Waals surface area (Å²) >= 11 is 0. The molecule has 0 aliphatic rings. The number of ether oxygens (including phenoxy) is 1. The largest absolute Gasteiger partial charge is 0.491 e. The summed E-state index contributed by atoms with van der Waals surface area (Å²) < 4.78 is 5.66. The van der Waals surface area contributed by atoms with E-state index in [1.165, 1.54) is 10.5 Å². The molecule has 0 aliphatic heterocycles. The Bertz CT molecular complexity index is 377. The van der Waals surface area contributed by atoms with Crippen molar-refractivity contribution < 1.29 is 14.7 Å². The highest BCUT2D eigenvalue weighted by Gasteiger charge is 2.14. The summed E-state index contributed by atoms with van der Waals surface area (Å²) in [6, 6.07) is 8.16. The van der Waals surface area contributed by atoms with Crippen LogP contribution in [0.5, 0.6) is 5.75 Å². The Morgan fingerprint density at radius 1 is 1.10 bits per heavy atom. The van der Waals surface area contributed by atoms with Gasteiger partial charge in [-0.1, -0.05) is 32.9 Å². The van der Waals surface area contributed by atoms with Crippen molar-refractivity contribution in [3.63, 3.8) is 0 Å². The second kappa shape index (κ2) is 7.65. The van der Waals surface area contributed by atoms with Crippen LogP contribution in [0.3, 0.4) is 0 Å². The lowest BCUT2D eigenvalue weighted by atomic mass is 9.87. The van der Waals surface area contributed by atoms with Gasteiger partial charge in [0.1, 0.15) is 25.0 Å². The van der Waals surface area contributed by atoms with Gasteiger partial charge in [0.15, 0.2) is 0 Å². The average Bonchev–Trinajstić information content (AvgIpc) is 2.42. The molecular formula is C17H30NO2+. The molecule has 3 heteroatoms. The Morgan fingerprint density at radius 3 is 2.10 bits per heavy atom. The average molecular weight is 280 g/mol. The van der Waals surface area contributed by atoms with E-state index < -0.39 is 6.10 Å². The third-order valence-corrected chi connectivity index (χ3v) is 3.69. The number of nitrogens with one attached hydrogen (secondary N) is 1. The summed E-state index contributed by atoms with van der Waals surface area (Å²) in [4.78, 5) is 1.39. The van der Waals surface area contributed by atoms with Crippen molar-refractivity contribution in [1.29, 1.82) is 0 Å². The zero-order valence-corrected chi connectivity index (χ0v) is 13.6.